The fourth-order valence-corrected chi connectivity index (χ4v) is 4.79. The SMILES string of the molecule is CCC/C=C/CCCCCCCCCCCCCCCC1=NCC[N+]1(CC)CCO. The highest BCUT2D eigenvalue weighted by Crippen LogP contribution is 2.20. The number of nitrogens with zero attached hydrogens (tertiary/aromatic N) is 2. The van der Waals surface area contributed by atoms with Crippen LogP contribution >= 0.6 is 0 Å². The fraction of sp³-hybridized carbons (Fsp3) is 0.889. The summed E-state index contributed by atoms with van der Waals surface area (Å²) < 4.78 is 0.951. The van der Waals surface area contributed by atoms with E-state index >= 15 is 0 Å². The van der Waals surface area contributed by atoms with Gasteiger partial charge < -0.3 is 5.11 Å². The number of allylic oxidation sites excluding steroid dienone is 2. The average Bonchev–Trinajstić information content (AvgIpc) is 3.16. The first kappa shape index (κ1) is 27.4. The van der Waals surface area contributed by atoms with Gasteiger partial charge in [-0.2, -0.15) is 0 Å². The average molecular weight is 422 g/mol. The number of aliphatic hydroxyl groups excluding tert-OH is 1. The highest BCUT2D eigenvalue weighted by atomic mass is 16.3. The molecule has 1 aliphatic rings. The summed E-state index contributed by atoms with van der Waals surface area (Å²) in [5.74, 6) is 1.36. The monoisotopic (exact) mass is 421 g/mol. The molecule has 0 bridgehead atoms. The summed E-state index contributed by atoms with van der Waals surface area (Å²) in [7, 11) is 0. The van der Waals surface area contributed by atoms with E-state index in [4.69, 9.17) is 4.99 Å². The lowest BCUT2D eigenvalue weighted by Gasteiger charge is -2.33. The summed E-state index contributed by atoms with van der Waals surface area (Å²) in [5, 5.41) is 9.40. The Labute approximate surface area is 188 Å². The second-order valence-electron chi connectivity index (χ2n) is 9.33. The smallest absolute Gasteiger partial charge is 0.198 e. The van der Waals surface area contributed by atoms with Gasteiger partial charge >= 0.3 is 0 Å². The van der Waals surface area contributed by atoms with Crippen molar-refractivity contribution in [1.82, 2.24) is 0 Å². The summed E-state index contributed by atoms with van der Waals surface area (Å²) >= 11 is 0. The number of amidine groups is 1. The number of quaternary nitrogens is 1. The minimum absolute atomic E-state index is 0.281. The van der Waals surface area contributed by atoms with Crippen LogP contribution in [0.15, 0.2) is 17.1 Å². The number of aliphatic imine (C=N–C) groups is 1. The largest absolute Gasteiger partial charge is 0.390 e. The zero-order valence-electron chi connectivity index (χ0n) is 20.6. The summed E-state index contributed by atoms with van der Waals surface area (Å²) in [5.41, 5.74) is 0. The lowest BCUT2D eigenvalue weighted by atomic mass is 10.0. The highest BCUT2D eigenvalue weighted by molar-refractivity contribution is 5.76. The molecule has 1 N–H and O–H groups in total. The van der Waals surface area contributed by atoms with Crippen molar-refractivity contribution in [1.29, 1.82) is 0 Å². The van der Waals surface area contributed by atoms with Crippen molar-refractivity contribution in [2.75, 3.05) is 32.8 Å². The van der Waals surface area contributed by atoms with Crippen LogP contribution in [0.5, 0.6) is 0 Å². The minimum atomic E-state index is 0.281. The highest BCUT2D eigenvalue weighted by Gasteiger charge is 2.35. The summed E-state index contributed by atoms with van der Waals surface area (Å²) in [6.45, 7) is 8.76. The molecule has 3 nitrogen and oxygen atoms in total. The van der Waals surface area contributed by atoms with Crippen LogP contribution in [-0.4, -0.2) is 48.2 Å². The third kappa shape index (κ3) is 12.2. The summed E-state index contributed by atoms with van der Waals surface area (Å²) in [6, 6.07) is 0. The molecular formula is C27H53N2O+. The zero-order chi connectivity index (χ0) is 21.8. The minimum Gasteiger partial charge on any atom is -0.390 e. The Bertz CT molecular complexity index is 446. The molecule has 3 heteroatoms. The van der Waals surface area contributed by atoms with E-state index in [0.717, 1.165) is 37.1 Å². The van der Waals surface area contributed by atoms with Gasteiger partial charge in [0.15, 0.2) is 5.84 Å². The predicted octanol–water partition coefficient (Wildman–Crippen LogP) is 7.44. The maximum absolute atomic E-state index is 9.40. The van der Waals surface area contributed by atoms with Gasteiger partial charge in [-0.05, 0) is 32.6 Å². The van der Waals surface area contributed by atoms with Gasteiger partial charge in [0.25, 0.3) is 0 Å². The first-order chi connectivity index (χ1) is 14.8. The van der Waals surface area contributed by atoms with Crippen molar-refractivity contribution in [3.05, 3.63) is 12.2 Å². The lowest BCUT2D eigenvalue weighted by Crippen LogP contribution is -2.52. The number of unbranched alkanes of at least 4 members (excludes halogenated alkanes) is 14. The molecule has 0 aliphatic carbocycles. The van der Waals surface area contributed by atoms with Gasteiger partial charge in [0.05, 0.1) is 19.7 Å². The topological polar surface area (TPSA) is 32.6 Å². The van der Waals surface area contributed by atoms with Crippen LogP contribution in [0.4, 0.5) is 0 Å². The molecule has 1 aliphatic heterocycles. The molecule has 1 rings (SSSR count). The molecule has 30 heavy (non-hydrogen) atoms. The van der Waals surface area contributed by atoms with Crippen LogP contribution in [0.2, 0.25) is 0 Å². The quantitative estimate of drug-likeness (QED) is 0.117. The van der Waals surface area contributed by atoms with E-state index in [0.29, 0.717) is 0 Å². The first-order valence-electron chi connectivity index (χ1n) is 13.4. The predicted molar refractivity (Wildman–Crippen MR) is 133 cm³/mol. The van der Waals surface area contributed by atoms with Crippen LogP contribution in [0.1, 0.15) is 123 Å². The van der Waals surface area contributed by atoms with Gasteiger partial charge in [0, 0.05) is 6.42 Å². The Balaban J connectivity index is 1.84. The molecule has 0 aromatic rings. The molecule has 0 aromatic heterocycles. The van der Waals surface area contributed by atoms with Crippen LogP contribution < -0.4 is 0 Å². The summed E-state index contributed by atoms with van der Waals surface area (Å²) in [4.78, 5) is 4.77. The number of aliphatic hydroxyl groups is 1. The van der Waals surface area contributed by atoms with Crippen LogP contribution in [0.25, 0.3) is 0 Å². The van der Waals surface area contributed by atoms with Crippen molar-refractivity contribution < 1.29 is 9.59 Å². The zero-order valence-corrected chi connectivity index (χ0v) is 20.6. The van der Waals surface area contributed by atoms with E-state index < -0.39 is 0 Å². The standard InChI is InChI=1S/C27H53N2O/c1-3-5-6-7-8-9-10-11-12-13-14-15-16-17-18-19-20-21-22-27-28-23-24-29(27,4-2)25-26-30/h6-7,30H,3-5,8-26H2,1-2H3/q+1/b7-6+. The molecule has 0 saturated carbocycles. The van der Waals surface area contributed by atoms with Crippen LogP contribution in [0, 0.1) is 0 Å². The molecule has 1 unspecified atom stereocenters. The third-order valence-corrected chi connectivity index (χ3v) is 6.90. The van der Waals surface area contributed by atoms with Crippen molar-refractivity contribution >= 4 is 5.84 Å². The fourth-order valence-electron chi connectivity index (χ4n) is 4.79. The van der Waals surface area contributed by atoms with Gasteiger partial charge in [-0.1, -0.05) is 96.1 Å². The molecule has 0 saturated heterocycles. The Morgan fingerprint density at radius 3 is 1.83 bits per heavy atom. The normalized spacial score (nSPS) is 19.1. The molecule has 0 fully saturated rings. The van der Waals surface area contributed by atoms with E-state index in [1.54, 1.807) is 0 Å². The van der Waals surface area contributed by atoms with E-state index in [2.05, 4.69) is 26.0 Å². The van der Waals surface area contributed by atoms with E-state index in [1.807, 2.05) is 0 Å². The van der Waals surface area contributed by atoms with Crippen molar-refractivity contribution in [3.63, 3.8) is 0 Å². The molecule has 0 aromatic carbocycles. The van der Waals surface area contributed by atoms with Gasteiger partial charge in [0.1, 0.15) is 13.1 Å². The van der Waals surface area contributed by atoms with Crippen LogP contribution in [0.3, 0.4) is 0 Å². The first-order valence-corrected chi connectivity index (χ1v) is 13.4. The summed E-state index contributed by atoms with van der Waals surface area (Å²) in [6.07, 6.45) is 27.9. The van der Waals surface area contributed by atoms with Gasteiger partial charge in [0.2, 0.25) is 0 Å². The molecule has 0 spiro atoms. The van der Waals surface area contributed by atoms with Gasteiger partial charge in [-0.25, -0.2) is 4.99 Å². The second kappa shape index (κ2) is 19.0. The maximum atomic E-state index is 9.40. The number of hydrogen-bond donors (Lipinski definition) is 1. The lowest BCUT2D eigenvalue weighted by molar-refractivity contribution is -0.835. The van der Waals surface area contributed by atoms with Gasteiger partial charge in [-0.15, -0.1) is 0 Å². The Morgan fingerprint density at radius 2 is 1.30 bits per heavy atom. The number of hydrogen-bond acceptors (Lipinski definition) is 2. The van der Waals surface area contributed by atoms with Crippen molar-refractivity contribution in [2.24, 2.45) is 4.99 Å². The molecule has 176 valence electrons. The van der Waals surface area contributed by atoms with Crippen LogP contribution in [-0.2, 0) is 0 Å². The van der Waals surface area contributed by atoms with Gasteiger partial charge in [-0.3, -0.25) is 4.48 Å². The Kier molecular flexibility index (Phi) is 17.4. The van der Waals surface area contributed by atoms with Crippen molar-refractivity contribution in [3.8, 4) is 0 Å². The number of likely N-dealkylation sites (N-methyl/N-ethyl adjacent to an activating group) is 1. The number of rotatable bonds is 21. The van der Waals surface area contributed by atoms with E-state index in [9.17, 15) is 5.11 Å². The molecule has 0 amide bonds. The second-order valence-corrected chi connectivity index (χ2v) is 9.33. The van der Waals surface area contributed by atoms with Crippen molar-refractivity contribution in [2.45, 2.75) is 123 Å². The Hall–Kier alpha value is -0.670. The van der Waals surface area contributed by atoms with E-state index in [-0.39, 0.29) is 6.61 Å². The molecule has 1 heterocycles. The molecule has 1 atom stereocenters. The Morgan fingerprint density at radius 1 is 0.767 bits per heavy atom. The molecule has 0 radical (unpaired) electrons. The third-order valence-electron chi connectivity index (χ3n) is 6.90. The van der Waals surface area contributed by atoms with E-state index in [1.165, 1.54) is 109 Å². The maximum Gasteiger partial charge on any atom is 0.198 e. The molecular weight excluding hydrogens is 368 g/mol.